The van der Waals surface area contributed by atoms with E-state index in [2.05, 4.69) is 43.2 Å². The van der Waals surface area contributed by atoms with E-state index in [0.717, 1.165) is 6.54 Å². The van der Waals surface area contributed by atoms with Crippen LogP contribution in [0.3, 0.4) is 0 Å². The minimum atomic E-state index is -0.491. The summed E-state index contributed by atoms with van der Waals surface area (Å²) < 4.78 is 5.14. The minimum absolute atomic E-state index is 0.0246. The third kappa shape index (κ3) is 12.9. The Labute approximate surface area is 141 Å². The zero-order chi connectivity index (χ0) is 18.0. The van der Waals surface area contributed by atoms with Gasteiger partial charge in [0.1, 0.15) is 5.60 Å². The van der Waals surface area contributed by atoms with Crippen molar-refractivity contribution in [2.24, 2.45) is 5.92 Å². The van der Waals surface area contributed by atoms with Gasteiger partial charge in [-0.1, -0.05) is 13.8 Å². The Morgan fingerprint density at radius 3 is 2.09 bits per heavy atom. The molecule has 0 atom stereocenters. The summed E-state index contributed by atoms with van der Waals surface area (Å²) in [5.74, 6) is 0.555. The summed E-state index contributed by atoms with van der Waals surface area (Å²) in [5, 5.41) is 5.57. The fraction of sp³-hybridized carbons (Fsp3) is 0.882. The normalized spacial score (nSPS) is 11.9. The number of amides is 2. The highest BCUT2D eigenvalue weighted by molar-refractivity contribution is 5.78. The van der Waals surface area contributed by atoms with E-state index in [-0.39, 0.29) is 5.91 Å². The molecule has 0 aromatic carbocycles. The van der Waals surface area contributed by atoms with Gasteiger partial charge in [0.25, 0.3) is 0 Å². The number of rotatable bonds is 9. The van der Waals surface area contributed by atoms with E-state index in [0.29, 0.717) is 38.0 Å². The summed E-state index contributed by atoms with van der Waals surface area (Å²) in [6.07, 6.45) is 0.253. The van der Waals surface area contributed by atoms with E-state index in [1.165, 1.54) is 0 Å². The van der Waals surface area contributed by atoms with Crippen LogP contribution >= 0.6 is 0 Å². The number of alkyl carbamates (subject to hydrolysis) is 1. The third-order valence-electron chi connectivity index (χ3n) is 3.02. The second-order valence-electron chi connectivity index (χ2n) is 7.55. The Morgan fingerprint density at radius 1 is 1.04 bits per heavy atom. The Bertz CT molecular complexity index is 363. The quantitative estimate of drug-likeness (QED) is 0.637. The number of hydrogen-bond acceptors (Lipinski definition) is 4. The Kier molecular flexibility index (Phi) is 9.88. The van der Waals surface area contributed by atoms with Gasteiger partial charge < -0.3 is 15.4 Å². The van der Waals surface area contributed by atoms with Crippen LogP contribution in [0.4, 0.5) is 4.79 Å². The Hall–Kier alpha value is -1.30. The van der Waals surface area contributed by atoms with Gasteiger partial charge >= 0.3 is 6.09 Å². The number of nitrogens with one attached hydrogen (secondary N) is 2. The van der Waals surface area contributed by atoms with Crippen molar-refractivity contribution < 1.29 is 14.3 Å². The fourth-order valence-electron chi connectivity index (χ4n) is 1.99. The first-order chi connectivity index (χ1) is 10.5. The number of ether oxygens (including phenoxy) is 1. The monoisotopic (exact) mass is 329 g/mol. The number of hydrogen-bond donors (Lipinski definition) is 2. The SMILES string of the molecule is CC(C)CN(CC(=O)NCCCNC(=O)OC(C)(C)C)C(C)C. The predicted molar refractivity (Wildman–Crippen MR) is 93.4 cm³/mol. The molecule has 0 aromatic heterocycles. The molecule has 136 valence electrons. The summed E-state index contributed by atoms with van der Waals surface area (Å²) in [4.78, 5) is 25.6. The largest absolute Gasteiger partial charge is 0.444 e. The van der Waals surface area contributed by atoms with Gasteiger partial charge in [-0.25, -0.2) is 4.79 Å². The van der Waals surface area contributed by atoms with Crippen LogP contribution in [0.1, 0.15) is 54.9 Å². The maximum Gasteiger partial charge on any atom is 0.407 e. The zero-order valence-corrected chi connectivity index (χ0v) is 15.9. The van der Waals surface area contributed by atoms with E-state index in [9.17, 15) is 9.59 Å². The fourth-order valence-corrected chi connectivity index (χ4v) is 1.99. The van der Waals surface area contributed by atoms with E-state index in [1.54, 1.807) is 0 Å². The lowest BCUT2D eigenvalue weighted by molar-refractivity contribution is -0.122. The molecule has 0 aliphatic carbocycles. The summed E-state index contributed by atoms with van der Waals surface area (Å²) in [6, 6.07) is 0.344. The van der Waals surface area contributed by atoms with Gasteiger partial charge in [0.2, 0.25) is 5.91 Å². The van der Waals surface area contributed by atoms with Gasteiger partial charge in [-0.15, -0.1) is 0 Å². The average Bonchev–Trinajstić information content (AvgIpc) is 2.34. The molecule has 0 saturated heterocycles. The van der Waals surface area contributed by atoms with Crippen LogP contribution in [-0.4, -0.2) is 54.7 Å². The van der Waals surface area contributed by atoms with Crippen molar-refractivity contribution in [1.82, 2.24) is 15.5 Å². The summed E-state index contributed by atoms with van der Waals surface area (Å²) in [5.41, 5.74) is -0.491. The maximum absolute atomic E-state index is 12.0. The van der Waals surface area contributed by atoms with E-state index >= 15 is 0 Å². The highest BCUT2D eigenvalue weighted by Crippen LogP contribution is 2.06. The molecule has 0 saturated carbocycles. The Balaban J connectivity index is 3.87. The lowest BCUT2D eigenvalue weighted by Gasteiger charge is -2.27. The number of carbonyl (C=O) groups excluding carboxylic acids is 2. The van der Waals surface area contributed by atoms with Crippen LogP contribution in [0.15, 0.2) is 0 Å². The molecular weight excluding hydrogens is 294 g/mol. The standard InChI is InChI=1S/C17H35N3O3/c1-13(2)11-20(14(3)4)12-15(21)18-9-8-10-19-16(22)23-17(5,6)7/h13-14H,8-12H2,1-7H3,(H,18,21)(H,19,22). The van der Waals surface area contributed by atoms with E-state index in [1.807, 2.05) is 20.8 Å². The van der Waals surface area contributed by atoms with Gasteiger partial charge in [-0.3, -0.25) is 9.69 Å². The van der Waals surface area contributed by atoms with Crippen LogP contribution in [-0.2, 0) is 9.53 Å². The highest BCUT2D eigenvalue weighted by Gasteiger charge is 2.16. The van der Waals surface area contributed by atoms with Crippen molar-refractivity contribution >= 4 is 12.0 Å². The van der Waals surface area contributed by atoms with Gasteiger partial charge in [-0.2, -0.15) is 0 Å². The molecule has 0 rings (SSSR count). The molecule has 0 aliphatic heterocycles. The minimum Gasteiger partial charge on any atom is -0.444 e. The maximum atomic E-state index is 12.0. The molecule has 0 heterocycles. The molecule has 6 nitrogen and oxygen atoms in total. The van der Waals surface area contributed by atoms with Crippen LogP contribution in [0.2, 0.25) is 0 Å². The molecular formula is C17H35N3O3. The van der Waals surface area contributed by atoms with Crippen molar-refractivity contribution in [2.45, 2.75) is 66.5 Å². The molecule has 0 aliphatic rings. The molecule has 6 heteroatoms. The molecule has 0 spiro atoms. The van der Waals surface area contributed by atoms with E-state index in [4.69, 9.17) is 4.74 Å². The number of nitrogens with zero attached hydrogens (tertiary/aromatic N) is 1. The second kappa shape index (κ2) is 10.5. The van der Waals surface area contributed by atoms with Crippen LogP contribution in [0.25, 0.3) is 0 Å². The number of carbonyl (C=O) groups is 2. The highest BCUT2D eigenvalue weighted by atomic mass is 16.6. The first-order valence-electron chi connectivity index (χ1n) is 8.49. The zero-order valence-electron chi connectivity index (χ0n) is 15.9. The van der Waals surface area contributed by atoms with Gasteiger partial charge in [-0.05, 0) is 47.0 Å². The first kappa shape index (κ1) is 21.7. The molecule has 0 fully saturated rings. The van der Waals surface area contributed by atoms with Gasteiger partial charge in [0, 0.05) is 25.7 Å². The molecule has 0 bridgehead atoms. The van der Waals surface area contributed by atoms with Crippen molar-refractivity contribution in [2.75, 3.05) is 26.2 Å². The second-order valence-corrected chi connectivity index (χ2v) is 7.55. The van der Waals surface area contributed by atoms with Crippen molar-refractivity contribution in [3.8, 4) is 0 Å². The van der Waals surface area contributed by atoms with E-state index < -0.39 is 11.7 Å². The summed E-state index contributed by atoms with van der Waals surface area (Å²) >= 11 is 0. The molecule has 0 unspecified atom stereocenters. The van der Waals surface area contributed by atoms with Crippen molar-refractivity contribution in [1.29, 1.82) is 0 Å². The Morgan fingerprint density at radius 2 is 1.61 bits per heavy atom. The molecule has 0 aromatic rings. The molecule has 0 radical (unpaired) electrons. The summed E-state index contributed by atoms with van der Waals surface area (Å²) in [7, 11) is 0. The van der Waals surface area contributed by atoms with Gasteiger partial charge in [0.05, 0.1) is 6.54 Å². The average molecular weight is 329 g/mol. The topological polar surface area (TPSA) is 70.7 Å². The van der Waals surface area contributed by atoms with Crippen LogP contribution < -0.4 is 10.6 Å². The predicted octanol–water partition coefficient (Wildman–Crippen LogP) is 2.38. The third-order valence-corrected chi connectivity index (χ3v) is 3.02. The van der Waals surface area contributed by atoms with Crippen LogP contribution in [0.5, 0.6) is 0 Å². The first-order valence-corrected chi connectivity index (χ1v) is 8.49. The van der Waals surface area contributed by atoms with Crippen LogP contribution in [0, 0.1) is 5.92 Å². The van der Waals surface area contributed by atoms with Crippen molar-refractivity contribution in [3.05, 3.63) is 0 Å². The lowest BCUT2D eigenvalue weighted by Crippen LogP contribution is -2.43. The smallest absolute Gasteiger partial charge is 0.407 e. The van der Waals surface area contributed by atoms with Crippen molar-refractivity contribution in [3.63, 3.8) is 0 Å². The lowest BCUT2D eigenvalue weighted by atomic mass is 10.2. The molecule has 2 amide bonds. The molecule has 2 N–H and O–H groups in total. The summed E-state index contributed by atoms with van der Waals surface area (Å²) in [6.45, 7) is 16.3. The molecule has 23 heavy (non-hydrogen) atoms. The van der Waals surface area contributed by atoms with Gasteiger partial charge in [0.15, 0.2) is 0 Å².